The number of carbonyl (C=O) groups excluding carboxylic acids is 1. The summed E-state index contributed by atoms with van der Waals surface area (Å²) in [5, 5.41) is 0. The van der Waals surface area contributed by atoms with E-state index in [1.165, 1.54) is 5.56 Å². The highest BCUT2D eigenvalue weighted by Gasteiger charge is 2.12. The Morgan fingerprint density at radius 3 is 2.35 bits per heavy atom. The number of carbonyl (C=O) groups is 1. The van der Waals surface area contributed by atoms with E-state index in [-0.39, 0.29) is 12.1 Å². The smallest absolute Gasteiger partial charge is 0.338 e. The van der Waals surface area contributed by atoms with E-state index in [1.807, 2.05) is 49.4 Å². The molecule has 0 bridgehead atoms. The second-order valence-corrected chi connectivity index (χ2v) is 5.42. The number of rotatable bonds is 7. The highest BCUT2D eigenvalue weighted by molar-refractivity contribution is 5.89. The summed E-state index contributed by atoms with van der Waals surface area (Å²) in [4.78, 5) is 12.0. The molecular weight excluding hydrogens is 284 g/mol. The molecule has 0 radical (unpaired) electrons. The largest absolute Gasteiger partial charge is 0.454 e. The fourth-order valence-corrected chi connectivity index (χ4v) is 2.14. The van der Waals surface area contributed by atoms with Crippen LogP contribution < -0.4 is 0 Å². The van der Waals surface area contributed by atoms with Gasteiger partial charge in [-0.15, -0.1) is 0 Å². The summed E-state index contributed by atoms with van der Waals surface area (Å²) in [6.45, 7) is 5.82. The van der Waals surface area contributed by atoms with Crippen LogP contribution in [-0.4, -0.2) is 12.1 Å². The zero-order chi connectivity index (χ0) is 16.5. The molecule has 118 valence electrons. The first-order valence-electron chi connectivity index (χ1n) is 7.82. The average Bonchev–Trinajstić information content (AvgIpc) is 2.60. The van der Waals surface area contributed by atoms with Gasteiger partial charge in [-0.3, -0.25) is 0 Å². The molecule has 2 nitrogen and oxygen atoms in total. The lowest BCUT2D eigenvalue weighted by Crippen LogP contribution is -2.16. The lowest BCUT2D eigenvalue weighted by Gasteiger charge is -2.13. The fraction of sp³-hybridized carbons (Fsp3) is 0.190. The van der Waals surface area contributed by atoms with Crippen molar-refractivity contribution in [2.45, 2.75) is 25.9 Å². The Labute approximate surface area is 138 Å². The first-order valence-corrected chi connectivity index (χ1v) is 7.82. The van der Waals surface area contributed by atoms with Crippen molar-refractivity contribution >= 4 is 5.97 Å². The quantitative estimate of drug-likeness (QED) is 0.533. The predicted octanol–water partition coefficient (Wildman–Crippen LogP) is 4.98. The first kappa shape index (κ1) is 16.8. The van der Waals surface area contributed by atoms with Crippen LogP contribution in [0.2, 0.25) is 0 Å². The maximum Gasteiger partial charge on any atom is 0.338 e. The molecule has 0 saturated heterocycles. The minimum atomic E-state index is -0.337. The molecule has 0 saturated carbocycles. The SMILES string of the molecule is C=C(/C=C/CCc1ccccc1)C(C)OC(=O)c1ccccc1. The van der Waals surface area contributed by atoms with Gasteiger partial charge in [0.25, 0.3) is 0 Å². The zero-order valence-electron chi connectivity index (χ0n) is 13.4. The van der Waals surface area contributed by atoms with Crippen LogP contribution in [0, 0.1) is 0 Å². The Kier molecular flexibility index (Phi) is 6.37. The summed E-state index contributed by atoms with van der Waals surface area (Å²) < 4.78 is 5.42. The van der Waals surface area contributed by atoms with Crippen molar-refractivity contribution in [3.05, 3.63) is 96.1 Å². The predicted molar refractivity (Wildman–Crippen MR) is 94.4 cm³/mol. The Morgan fingerprint density at radius 2 is 1.70 bits per heavy atom. The summed E-state index contributed by atoms with van der Waals surface area (Å²) in [5.41, 5.74) is 2.66. The van der Waals surface area contributed by atoms with E-state index in [4.69, 9.17) is 4.74 Å². The van der Waals surface area contributed by atoms with Gasteiger partial charge in [0.1, 0.15) is 6.10 Å². The van der Waals surface area contributed by atoms with E-state index in [1.54, 1.807) is 12.1 Å². The molecule has 2 aromatic carbocycles. The maximum absolute atomic E-state index is 12.0. The lowest BCUT2D eigenvalue weighted by molar-refractivity contribution is 0.0412. The topological polar surface area (TPSA) is 26.3 Å². The maximum atomic E-state index is 12.0. The lowest BCUT2D eigenvalue weighted by atomic mass is 10.1. The van der Waals surface area contributed by atoms with Crippen molar-refractivity contribution < 1.29 is 9.53 Å². The summed E-state index contributed by atoms with van der Waals surface area (Å²) in [6, 6.07) is 19.3. The fourth-order valence-electron chi connectivity index (χ4n) is 2.14. The second-order valence-electron chi connectivity index (χ2n) is 5.42. The Hall–Kier alpha value is -2.61. The van der Waals surface area contributed by atoms with Crippen molar-refractivity contribution in [2.75, 3.05) is 0 Å². The molecule has 1 unspecified atom stereocenters. The molecule has 23 heavy (non-hydrogen) atoms. The van der Waals surface area contributed by atoms with Gasteiger partial charge in [0.2, 0.25) is 0 Å². The van der Waals surface area contributed by atoms with Gasteiger partial charge in [0.05, 0.1) is 5.56 Å². The molecule has 2 rings (SSSR count). The van der Waals surface area contributed by atoms with Crippen molar-refractivity contribution in [1.29, 1.82) is 0 Å². The number of esters is 1. The molecule has 0 amide bonds. The van der Waals surface area contributed by atoms with Gasteiger partial charge in [-0.1, -0.05) is 67.3 Å². The van der Waals surface area contributed by atoms with Crippen LogP contribution in [0.1, 0.15) is 29.3 Å². The van der Waals surface area contributed by atoms with E-state index >= 15 is 0 Å². The standard InChI is InChI=1S/C21H22O2/c1-17(11-9-10-14-19-12-5-3-6-13-19)18(2)23-21(22)20-15-7-4-8-16-20/h3-9,11-13,15-16,18H,1,10,14H2,2H3/b11-9+. The van der Waals surface area contributed by atoms with Crippen LogP contribution in [0.25, 0.3) is 0 Å². The van der Waals surface area contributed by atoms with Crippen molar-refractivity contribution in [2.24, 2.45) is 0 Å². The molecule has 2 heteroatoms. The van der Waals surface area contributed by atoms with E-state index in [0.29, 0.717) is 5.56 Å². The normalized spacial score (nSPS) is 12.0. The van der Waals surface area contributed by atoms with Gasteiger partial charge in [0, 0.05) is 0 Å². The number of benzene rings is 2. The van der Waals surface area contributed by atoms with E-state index < -0.39 is 0 Å². The molecule has 0 aromatic heterocycles. The molecule has 0 spiro atoms. The van der Waals surface area contributed by atoms with Crippen LogP contribution >= 0.6 is 0 Å². The van der Waals surface area contributed by atoms with Gasteiger partial charge in [0.15, 0.2) is 0 Å². The molecule has 0 aliphatic heterocycles. The van der Waals surface area contributed by atoms with Crippen molar-refractivity contribution in [3.63, 3.8) is 0 Å². The summed E-state index contributed by atoms with van der Waals surface area (Å²) in [7, 11) is 0. The number of allylic oxidation sites excluding steroid dienone is 1. The van der Waals surface area contributed by atoms with Crippen molar-refractivity contribution in [1.82, 2.24) is 0 Å². The van der Waals surface area contributed by atoms with Crippen LogP contribution in [0.15, 0.2) is 85.0 Å². The van der Waals surface area contributed by atoms with E-state index in [2.05, 4.69) is 24.8 Å². The van der Waals surface area contributed by atoms with Gasteiger partial charge < -0.3 is 4.74 Å². The molecule has 0 N–H and O–H groups in total. The Bertz CT molecular complexity index is 657. The summed E-state index contributed by atoms with van der Waals surface area (Å²) in [5.74, 6) is -0.322. The minimum absolute atomic E-state index is 0.322. The Balaban J connectivity index is 1.78. The third kappa shape index (κ3) is 5.59. The summed E-state index contributed by atoms with van der Waals surface area (Å²) >= 11 is 0. The van der Waals surface area contributed by atoms with E-state index in [0.717, 1.165) is 18.4 Å². The molecular formula is C21H22O2. The Morgan fingerprint density at radius 1 is 1.09 bits per heavy atom. The molecule has 1 atom stereocenters. The van der Waals surface area contributed by atoms with Crippen LogP contribution in [0.3, 0.4) is 0 Å². The molecule has 2 aromatic rings. The van der Waals surface area contributed by atoms with Crippen molar-refractivity contribution in [3.8, 4) is 0 Å². The highest BCUT2D eigenvalue weighted by atomic mass is 16.5. The number of ether oxygens (including phenoxy) is 1. The molecule has 0 aliphatic carbocycles. The van der Waals surface area contributed by atoms with Crippen LogP contribution in [0.5, 0.6) is 0 Å². The third-order valence-electron chi connectivity index (χ3n) is 3.59. The van der Waals surface area contributed by atoms with E-state index in [9.17, 15) is 4.79 Å². The van der Waals surface area contributed by atoms with Crippen LogP contribution in [0.4, 0.5) is 0 Å². The molecule has 0 fully saturated rings. The minimum Gasteiger partial charge on any atom is -0.454 e. The number of aryl methyl sites for hydroxylation is 1. The second kappa shape index (κ2) is 8.74. The van der Waals surface area contributed by atoms with Gasteiger partial charge in [-0.05, 0) is 43.0 Å². The van der Waals surface area contributed by atoms with Crippen LogP contribution in [-0.2, 0) is 11.2 Å². The summed E-state index contributed by atoms with van der Waals surface area (Å²) in [6.07, 6.45) is 5.59. The first-order chi connectivity index (χ1) is 11.2. The third-order valence-corrected chi connectivity index (χ3v) is 3.59. The zero-order valence-corrected chi connectivity index (χ0v) is 13.4. The average molecular weight is 306 g/mol. The molecule has 0 aliphatic rings. The van der Waals surface area contributed by atoms with Gasteiger partial charge >= 0.3 is 5.97 Å². The molecule has 0 heterocycles. The van der Waals surface area contributed by atoms with Gasteiger partial charge in [-0.25, -0.2) is 4.79 Å². The van der Waals surface area contributed by atoms with Gasteiger partial charge in [-0.2, -0.15) is 0 Å². The number of hydrogen-bond acceptors (Lipinski definition) is 2. The highest BCUT2D eigenvalue weighted by Crippen LogP contribution is 2.11. The monoisotopic (exact) mass is 306 g/mol. The number of hydrogen-bond donors (Lipinski definition) is 0.